The second kappa shape index (κ2) is 6.83. The molecule has 0 aromatic heterocycles. The zero-order valence-electron chi connectivity index (χ0n) is 9.40. The molecular formula is C9H21AsO3. The van der Waals surface area contributed by atoms with Gasteiger partial charge in [-0.1, -0.05) is 0 Å². The summed E-state index contributed by atoms with van der Waals surface area (Å²) in [5.74, 6) is 0. The minimum atomic E-state index is -1.98. The molecule has 0 bridgehead atoms. The summed E-state index contributed by atoms with van der Waals surface area (Å²) in [5, 5.41) is 0. The monoisotopic (exact) mass is 252 g/mol. The topological polar surface area (TPSA) is 27.7 Å². The van der Waals surface area contributed by atoms with E-state index in [4.69, 9.17) is 11.2 Å². The van der Waals surface area contributed by atoms with Gasteiger partial charge < -0.3 is 0 Å². The second-order valence-corrected chi connectivity index (χ2v) is 5.95. The van der Waals surface area contributed by atoms with E-state index in [-0.39, 0.29) is 18.3 Å². The first-order valence-corrected chi connectivity index (χ1v) is 7.02. The molecule has 0 aliphatic rings. The van der Waals surface area contributed by atoms with Crippen molar-refractivity contribution in [3.63, 3.8) is 0 Å². The van der Waals surface area contributed by atoms with Gasteiger partial charge in [-0.05, 0) is 0 Å². The van der Waals surface area contributed by atoms with Gasteiger partial charge in [0.15, 0.2) is 0 Å². The zero-order chi connectivity index (χ0) is 10.4. The van der Waals surface area contributed by atoms with E-state index in [1.165, 1.54) is 0 Å². The quantitative estimate of drug-likeness (QED) is 0.678. The van der Waals surface area contributed by atoms with Gasteiger partial charge in [0.25, 0.3) is 0 Å². The van der Waals surface area contributed by atoms with E-state index in [1.54, 1.807) is 0 Å². The van der Waals surface area contributed by atoms with Crippen molar-refractivity contribution in [2.75, 3.05) is 0 Å². The Bertz CT molecular complexity index is 102. The van der Waals surface area contributed by atoms with E-state index >= 15 is 0 Å². The van der Waals surface area contributed by atoms with Crippen LogP contribution in [0.5, 0.6) is 0 Å². The van der Waals surface area contributed by atoms with Crippen molar-refractivity contribution in [2.45, 2.75) is 59.9 Å². The van der Waals surface area contributed by atoms with Crippen LogP contribution >= 0.6 is 0 Å². The third kappa shape index (κ3) is 8.76. The van der Waals surface area contributed by atoms with Crippen LogP contribution in [0.3, 0.4) is 0 Å². The second-order valence-electron chi connectivity index (χ2n) is 3.69. The fourth-order valence-electron chi connectivity index (χ4n) is 0.591. The molecule has 4 heteroatoms. The van der Waals surface area contributed by atoms with Crippen LogP contribution < -0.4 is 0 Å². The summed E-state index contributed by atoms with van der Waals surface area (Å²) in [4.78, 5) is 0. The van der Waals surface area contributed by atoms with Crippen molar-refractivity contribution >= 4 is 15.7 Å². The van der Waals surface area contributed by atoms with Gasteiger partial charge in [0.2, 0.25) is 0 Å². The summed E-state index contributed by atoms with van der Waals surface area (Å²) >= 11 is -1.98. The van der Waals surface area contributed by atoms with Crippen LogP contribution in [0.4, 0.5) is 0 Å². The van der Waals surface area contributed by atoms with Crippen molar-refractivity contribution in [3.8, 4) is 0 Å². The summed E-state index contributed by atoms with van der Waals surface area (Å²) in [6, 6.07) is 0. The Kier molecular flexibility index (Phi) is 7.06. The molecule has 0 saturated heterocycles. The Morgan fingerprint density at radius 3 is 1.00 bits per heavy atom. The van der Waals surface area contributed by atoms with Crippen LogP contribution in [0, 0.1) is 0 Å². The van der Waals surface area contributed by atoms with Crippen molar-refractivity contribution in [1.29, 1.82) is 0 Å². The molecule has 0 saturated carbocycles. The van der Waals surface area contributed by atoms with Crippen LogP contribution in [0.1, 0.15) is 41.5 Å². The van der Waals surface area contributed by atoms with Crippen molar-refractivity contribution in [3.05, 3.63) is 0 Å². The summed E-state index contributed by atoms with van der Waals surface area (Å²) in [6.45, 7) is 12.0. The van der Waals surface area contributed by atoms with Gasteiger partial charge in [-0.2, -0.15) is 0 Å². The van der Waals surface area contributed by atoms with E-state index in [9.17, 15) is 0 Å². The molecule has 0 aromatic carbocycles. The van der Waals surface area contributed by atoms with Crippen LogP contribution in [0.25, 0.3) is 0 Å². The molecular weight excluding hydrogens is 231 g/mol. The fourth-order valence-corrected chi connectivity index (χ4v) is 3.07. The maximum atomic E-state index is 5.57. The molecule has 0 rings (SSSR count). The van der Waals surface area contributed by atoms with Crippen molar-refractivity contribution < 1.29 is 11.2 Å². The molecule has 0 spiro atoms. The summed E-state index contributed by atoms with van der Waals surface area (Å²) in [7, 11) is 0. The van der Waals surface area contributed by atoms with Crippen molar-refractivity contribution in [2.24, 2.45) is 0 Å². The van der Waals surface area contributed by atoms with Crippen LogP contribution in [0.15, 0.2) is 0 Å². The molecule has 3 nitrogen and oxygen atoms in total. The molecule has 0 fully saturated rings. The maximum absolute atomic E-state index is 5.57. The Morgan fingerprint density at radius 2 is 0.846 bits per heavy atom. The normalized spacial score (nSPS) is 12.5. The third-order valence-corrected chi connectivity index (χ3v) is 4.63. The summed E-state index contributed by atoms with van der Waals surface area (Å²) in [6.07, 6.45) is 0.535. The predicted molar refractivity (Wildman–Crippen MR) is 54.4 cm³/mol. The van der Waals surface area contributed by atoms with E-state index in [0.717, 1.165) is 0 Å². The van der Waals surface area contributed by atoms with E-state index in [1.807, 2.05) is 41.5 Å². The number of rotatable bonds is 6. The average molecular weight is 252 g/mol. The zero-order valence-corrected chi connectivity index (χ0v) is 11.3. The molecule has 0 aliphatic heterocycles. The molecule has 0 N–H and O–H groups in total. The van der Waals surface area contributed by atoms with Crippen LogP contribution in [-0.4, -0.2) is 34.0 Å². The van der Waals surface area contributed by atoms with Gasteiger partial charge in [-0.15, -0.1) is 0 Å². The number of hydrogen-bond donors (Lipinski definition) is 0. The van der Waals surface area contributed by atoms with Gasteiger partial charge in [-0.3, -0.25) is 0 Å². The molecule has 0 aliphatic carbocycles. The molecule has 0 atom stereocenters. The van der Waals surface area contributed by atoms with Gasteiger partial charge in [0, 0.05) is 0 Å². The number of hydrogen-bond acceptors (Lipinski definition) is 3. The molecule has 0 unspecified atom stereocenters. The molecule has 80 valence electrons. The molecule has 0 heterocycles. The van der Waals surface area contributed by atoms with Gasteiger partial charge >= 0.3 is 86.7 Å². The van der Waals surface area contributed by atoms with Crippen LogP contribution in [-0.2, 0) is 11.2 Å². The first kappa shape index (κ1) is 13.4. The Balaban J connectivity index is 3.87. The van der Waals surface area contributed by atoms with Gasteiger partial charge in [0.1, 0.15) is 0 Å². The molecule has 13 heavy (non-hydrogen) atoms. The van der Waals surface area contributed by atoms with E-state index in [2.05, 4.69) is 0 Å². The fraction of sp³-hybridized carbons (Fsp3) is 1.00. The van der Waals surface area contributed by atoms with Crippen molar-refractivity contribution in [1.82, 2.24) is 0 Å². The van der Waals surface area contributed by atoms with E-state index in [0.29, 0.717) is 0 Å². The summed E-state index contributed by atoms with van der Waals surface area (Å²) in [5.41, 5.74) is 0. The predicted octanol–water partition coefficient (Wildman–Crippen LogP) is 2.25. The molecule has 0 aromatic rings. The van der Waals surface area contributed by atoms with E-state index < -0.39 is 15.7 Å². The first-order chi connectivity index (χ1) is 5.91. The molecule has 0 amide bonds. The Morgan fingerprint density at radius 1 is 0.615 bits per heavy atom. The third-order valence-electron chi connectivity index (χ3n) is 0.891. The average Bonchev–Trinajstić information content (AvgIpc) is 1.80. The molecule has 0 radical (unpaired) electrons. The first-order valence-electron chi connectivity index (χ1n) is 4.72. The Labute approximate surface area is 87.1 Å². The van der Waals surface area contributed by atoms with Gasteiger partial charge in [-0.25, -0.2) is 0 Å². The summed E-state index contributed by atoms with van der Waals surface area (Å²) < 4.78 is 16.7. The van der Waals surface area contributed by atoms with Gasteiger partial charge in [0.05, 0.1) is 0 Å². The van der Waals surface area contributed by atoms with Crippen LogP contribution in [0.2, 0.25) is 0 Å². The Hall–Kier alpha value is 0.438. The SMILES string of the molecule is CC(C)O[As](OC(C)C)OC(C)C. The standard InChI is InChI=1S/C9H21AsO3/c1-7(2)11-10(12-8(3)4)13-9(5)6/h7-9H,1-6H3. The minimum absolute atomic E-state index is 0.178.